The molecule has 0 N–H and O–H groups in total. The van der Waals surface area contributed by atoms with Crippen LogP contribution in [0.25, 0.3) is 0 Å². The van der Waals surface area contributed by atoms with Crippen LogP contribution in [0.4, 0.5) is 0 Å². The Morgan fingerprint density at radius 3 is 2.30 bits per heavy atom. The van der Waals surface area contributed by atoms with Gasteiger partial charge >= 0.3 is 0 Å². The Morgan fingerprint density at radius 1 is 1.00 bits per heavy atom. The highest BCUT2D eigenvalue weighted by Crippen LogP contribution is 2.63. The van der Waals surface area contributed by atoms with Gasteiger partial charge in [-0.2, -0.15) is 0 Å². The molecule has 0 spiro atoms. The molecule has 0 heteroatoms. The lowest BCUT2D eigenvalue weighted by Gasteiger charge is -2.16. The van der Waals surface area contributed by atoms with Crippen LogP contribution < -0.4 is 0 Å². The minimum Gasteiger partial charge on any atom is -0.0622 e. The highest BCUT2D eigenvalue weighted by Gasteiger charge is 2.55. The van der Waals surface area contributed by atoms with Crippen LogP contribution in [0.5, 0.6) is 0 Å². The first-order chi connectivity index (χ1) is 4.86. The van der Waals surface area contributed by atoms with Crippen molar-refractivity contribution in [3.05, 3.63) is 0 Å². The number of hydrogen-bond donors (Lipinski definition) is 0. The van der Waals surface area contributed by atoms with E-state index in [1.54, 1.807) is 25.7 Å². The third-order valence-electron chi connectivity index (χ3n) is 3.97. The SMILES string of the molecule is CC1CC2CC2C1C1CC1. The standard InChI is InChI=1S/C10H16/c1-6-4-8-5-9(8)10(6)7-2-3-7/h6-10H,2-5H2,1H3. The molecule has 4 unspecified atom stereocenters. The van der Waals surface area contributed by atoms with E-state index in [1.165, 1.54) is 23.7 Å². The van der Waals surface area contributed by atoms with Crippen LogP contribution in [0, 0.1) is 29.6 Å². The molecule has 0 amide bonds. The van der Waals surface area contributed by atoms with E-state index >= 15 is 0 Å². The molecule has 0 aromatic carbocycles. The van der Waals surface area contributed by atoms with E-state index in [2.05, 4.69) is 6.92 Å². The molecular weight excluding hydrogens is 120 g/mol. The summed E-state index contributed by atoms with van der Waals surface area (Å²) in [5, 5.41) is 0. The van der Waals surface area contributed by atoms with Crippen molar-refractivity contribution >= 4 is 0 Å². The van der Waals surface area contributed by atoms with E-state index in [1.807, 2.05) is 0 Å². The highest BCUT2D eigenvalue weighted by atomic mass is 14.6. The van der Waals surface area contributed by atoms with Crippen molar-refractivity contribution in [3.63, 3.8) is 0 Å². The van der Waals surface area contributed by atoms with Gasteiger partial charge in [0, 0.05) is 0 Å². The number of rotatable bonds is 1. The average molecular weight is 136 g/mol. The first-order valence-electron chi connectivity index (χ1n) is 4.86. The van der Waals surface area contributed by atoms with Crippen LogP contribution in [0.2, 0.25) is 0 Å². The van der Waals surface area contributed by atoms with Gasteiger partial charge in [-0.15, -0.1) is 0 Å². The normalized spacial score (nSPS) is 58.5. The summed E-state index contributed by atoms with van der Waals surface area (Å²) < 4.78 is 0. The maximum Gasteiger partial charge on any atom is -0.0329 e. The lowest BCUT2D eigenvalue weighted by Crippen LogP contribution is -2.10. The molecule has 3 saturated carbocycles. The van der Waals surface area contributed by atoms with Gasteiger partial charge < -0.3 is 0 Å². The van der Waals surface area contributed by atoms with Gasteiger partial charge in [0.1, 0.15) is 0 Å². The Labute approximate surface area is 63.0 Å². The summed E-state index contributed by atoms with van der Waals surface area (Å²) in [6, 6.07) is 0. The maximum absolute atomic E-state index is 2.48. The van der Waals surface area contributed by atoms with Crippen LogP contribution in [-0.4, -0.2) is 0 Å². The van der Waals surface area contributed by atoms with Crippen LogP contribution in [0.15, 0.2) is 0 Å². The summed E-state index contributed by atoms with van der Waals surface area (Å²) in [6.45, 7) is 2.48. The summed E-state index contributed by atoms with van der Waals surface area (Å²) in [7, 11) is 0. The van der Waals surface area contributed by atoms with Crippen LogP contribution in [-0.2, 0) is 0 Å². The maximum atomic E-state index is 2.48. The lowest BCUT2D eigenvalue weighted by molar-refractivity contribution is 0.320. The molecule has 0 aliphatic heterocycles. The van der Waals surface area contributed by atoms with Crippen molar-refractivity contribution in [2.75, 3.05) is 0 Å². The molecule has 0 bridgehead atoms. The topological polar surface area (TPSA) is 0 Å². The Balaban J connectivity index is 1.80. The Kier molecular flexibility index (Phi) is 0.898. The molecule has 3 aliphatic carbocycles. The van der Waals surface area contributed by atoms with Gasteiger partial charge in [-0.25, -0.2) is 0 Å². The van der Waals surface area contributed by atoms with Gasteiger partial charge in [-0.3, -0.25) is 0 Å². The van der Waals surface area contributed by atoms with E-state index < -0.39 is 0 Å². The second-order valence-electron chi connectivity index (χ2n) is 4.79. The zero-order valence-electron chi connectivity index (χ0n) is 6.72. The van der Waals surface area contributed by atoms with Crippen LogP contribution in [0.1, 0.15) is 32.6 Å². The van der Waals surface area contributed by atoms with Gasteiger partial charge in [0.25, 0.3) is 0 Å². The molecule has 0 aromatic rings. The summed E-state index contributed by atoms with van der Waals surface area (Å²) in [5.41, 5.74) is 0. The quantitative estimate of drug-likeness (QED) is 0.520. The zero-order chi connectivity index (χ0) is 6.72. The van der Waals surface area contributed by atoms with E-state index in [0.29, 0.717) is 0 Å². The van der Waals surface area contributed by atoms with Crippen molar-refractivity contribution in [1.29, 1.82) is 0 Å². The van der Waals surface area contributed by atoms with Crippen LogP contribution in [0.3, 0.4) is 0 Å². The molecule has 3 rings (SSSR count). The monoisotopic (exact) mass is 136 g/mol. The molecule has 0 saturated heterocycles. The summed E-state index contributed by atoms with van der Waals surface area (Å²) in [6.07, 6.45) is 6.31. The minimum atomic E-state index is 1.09. The summed E-state index contributed by atoms with van der Waals surface area (Å²) in [4.78, 5) is 0. The van der Waals surface area contributed by atoms with Crippen molar-refractivity contribution in [1.82, 2.24) is 0 Å². The van der Waals surface area contributed by atoms with Gasteiger partial charge in [-0.1, -0.05) is 6.92 Å². The molecule has 0 nitrogen and oxygen atoms in total. The first-order valence-corrected chi connectivity index (χ1v) is 4.86. The van der Waals surface area contributed by atoms with E-state index in [0.717, 1.165) is 5.92 Å². The van der Waals surface area contributed by atoms with Crippen molar-refractivity contribution in [2.45, 2.75) is 32.6 Å². The van der Waals surface area contributed by atoms with Crippen molar-refractivity contribution < 1.29 is 0 Å². The fourth-order valence-corrected chi connectivity index (χ4v) is 3.37. The third-order valence-corrected chi connectivity index (χ3v) is 3.97. The number of hydrogen-bond acceptors (Lipinski definition) is 0. The van der Waals surface area contributed by atoms with Gasteiger partial charge in [0.15, 0.2) is 0 Å². The second kappa shape index (κ2) is 1.60. The van der Waals surface area contributed by atoms with Crippen molar-refractivity contribution in [2.24, 2.45) is 29.6 Å². The molecular formula is C10H16. The summed E-state index contributed by atoms with van der Waals surface area (Å²) in [5.74, 6) is 5.87. The zero-order valence-corrected chi connectivity index (χ0v) is 6.72. The van der Waals surface area contributed by atoms with E-state index in [4.69, 9.17) is 0 Å². The fraction of sp³-hybridized carbons (Fsp3) is 1.00. The fourth-order valence-electron chi connectivity index (χ4n) is 3.37. The smallest absolute Gasteiger partial charge is 0.0329 e. The van der Waals surface area contributed by atoms with E-state index in [9.17, 15) is 0 Å². The molecule has 56 valence electrons. The van der Waals surface area contributed by atoms with Gasteiger partial charge in [0.05, 0.1) is 0 Å². The molecule has 10 heavy (non-hydrogen) atoms. The van der Waals surface area contributed by atoms with Crippen LogP contribution >= 0.6 is 0 Å². The minimum absolute atomic E-state index is 1.09. The highest BCUT2D eigenvalue weighted by molar-refractivity contribution is 5.05. The molecule has 3 aliphatic rings. The largest absolute Gasteiger partial charge is 0.0622 e. The molecule has 0 radical (unpaired) electrons. The summed E-state index contributed by atoms with van der Waals surface area (Å²) >= 11 is 0. The van der Waals surface area contributed by atoms with Gasteiger partial charge in [-0.05, 0) is 55.3 Å². The van der Waals surface area contributed by atoms with Gasteiger partial charge in [0.2, 0.25) is 0 Å². The average Bonchev–Trinajstić information content (AvgIpc) is 2.74. The molecule has 3 fully saturated rings. The third kappa shape index (κ3) is 0.627. The van der Waals surface area contributed by atoms with E-state index in [-0.39, 0.29) is 0 Å². The Bertz CT molecular complexity index is 155. The molecule has 0 aromatic heterocycles. The predicted molar refractivity (Wildman–Crippen MR) is 41.6 cm³/mol. The molecule has 0 heterocycles. The molecule has 4 atom stereocenters. The van der Waals surface area contributed by atoms with Crippen molar-refractivity contribution in [3.8, 4) is 0 Å². The number of fused-ring (bicyclic) bond motifs is 1. The first kappa shape index (κ1) is 5.62. The second-order valence-corrected chi connectivity index (χ2v) is 4.79. The predicted octanol–water partition coefficient (Wildman–Crippen LogP) is 2.69. The Morgan fingerprint density at radius 2 is 1.80 bits per heavy atom. The lowest BCUT2D eigenvalue weighted by atomic mass is 9.89. The Hall–Kier alpha value is 0.